The van der Waals surface area contributed by atoms with E-state index in [1.54, 1.807) is 16.0 Å². The number of rotatable bonds is 2. The van der Waals surface area contributed by atoms with Crippen molar-refractivity contribution in [3.8, 4) is 0 Å². The van der Waals surface area contributed by atoms with Gasteiger partial charge >= 0.3 is 5.82 Å². The normalized spacial score (nSPS) is 15.6. The van der Waals surface area contributed by atoms with Crippen LogP contribution in [0.4, 0.5) is 11.6 Å². The van der Waals surface area contributed by atoms with Crippen molar-refractivity contribution in [3.05, 3.63) is 21.7 Å². The topological polar surface area (TPSA) is 63.7 Å². The summed E-state index contributed by atoms with van der Waals surface area (Å²) < 4.78 is 1.54. The van der Waals surface area contributed by atoms with Gasteiger partial charge in [-0.05, 0) is 11.3 Å². The molecule has 2 aromatic heterocycles. The molecule has 0 radical (unpaired) electrons. The zero-order chi connectivity index (χ0) is 10.4. The number of hydrogen-bond acceptors (Lipinski definition) is 5. The highest BCUT2D eigenvalue weighted by Crippen LogP contribution is 2.33. The second-order valence-corrected chi connectivity index (χ2v) is 4.29. The summed E-state index contributed by atoms with van der Waals surface area (Å²) in [5, 5.41) is 12.8. The molecule has 0 aliphatic carbocycles. The fourth-order valence-corrected chi connectivity index (χ4v) is 2.38. The van der Waals surface area contributed by atoms with E-state index in [0.29, 0.717) is 10.8 Å². The van der Waals surface area contributed by atoms with Crippen molar-refractivity contribution in [2.24, 2.45) is 0 Å². The Morgan fingerprint density at radius 2 is 2.33 bits per heavy atom. The molecule has 0 bridgehead atoms. The van der Waals surface area contributed by atoms with E-state index in [4.69, 9.17) is 0 Å². The fraction of sp³-hybridized carbons (Fsp3) is 0.375. The highest BCUT2D eigenvalue weighted by Gasteiger charge is 2.30. The van der Waals surface area contributed by atoms with Gasteiger partial charge in [0.15, 0.2) is 0 Å². The third-order valence-electron chi connectivity index (χ3n) is 2.55. The van der Waals surface area contributed by atoms with Crippen LogP contribution in [0, 0.1) is 10.1 Å². The first kappa shape index (κ1) is 8.66. The van der Waals surface area contributed by atoms with Crippen LogP contribution < -0.4 is 4.90 Å². The number of thiazole rings is 1. The van der Waals surface area contributed by atoms with Crippen LogP contribution in [0.5, 0.6) is 0 Å². The fourth-order valence-electron chi connectivity index (χ4n) is 1.67. The smallest absolute Gasteiger partial charge is 0.358 e. The highest BCUT2D eigenvalue weighted by molar-refractivity contribution is 7.15. The van der Waals surface area contributed by atoms with Gasteiger partial charge in [0.25, 0.3) is 4.96 Å². The number of aromatic nitrogens is 2. The molecule has 0 atom stereocenters. The van der Waals surface area contributed by atoms with Gasteiger partial charge in [-0.2, -0.15) is 9.38 Å². The molecular weight excluding hydrogens is 216 g/mol. The molecule has 1 saturated heterocycles. The summed E-state index contributed by atoms with van der Waals surface area (Å²) in [5.74, 6) is 0.601. The third-order valence-corrected chi connectivity index (χ3v) is 3.30. The summed E-state index contributed by atoms with van der Waals surface area (Å²) in [4.78, 5) is 17.5. The summed E-state index contributed by atoms with van der Waals surface area (Å²) in [5.41, 5.74) is 0. The zero-order valence-corrected chi connectivity index (χ0v) is 8.61. The monoisotopic (exact) mass is 224 g/mol. The van der Waals surface area contributed by atoms with Crippen LogP contribution in [0.15, 0.2) is 11.6 Å². The Hall–Kier alpha value is -1.63. The molecule has 1 fully saturated rings. The number of nitro groups is 1. The molecule has 6 nitrogen and oxygen atoms in total. The van der Waals surface area contributed by atoms with Gasteiger partial charge in [0.2, 0.25) is 5.82 Å². The molecule has 1 aliphatic rings. The lowest BCUT2D eigenvalue weighted by Crippen LogP contribution is -2.37. The van der Waals surface area contributed by atoms with Gasteiger partial charge in [0.1, 0.15) is 6.20 Å². The predicted octanol–water partition coefficient (Wildman–Crippen LogP) is 1.51. The van der Waals surface area contributed by atoms with E-state index in [2.05, 4.69) is 4.98 Å². The van der Waals surface area contributed by atoms with E-state index in [0.717, 1.165) is 19.5 Å². The highest BCUT2D eigenvalue weighted by atomic mass is 32.1. The Morgan fingerprint density at radius 1 is 1.53 bits per heavy atom. The van der Waals surface area contributed by atoms with E-state index < -0.39 is 0 Å². The lowest BCUT2D eigenvalue weighted by atomic mass is 10.2. The van der Waals surface area contributed by atoms with Crippen molar-refractivity contribution in [2.45, 2.75) is 6.42 Å². The van der Waals surface area contributed by atoms with Gasteiger partial charge in [-0.3, -0.25) is 0 Å². The second-order valence-electron chi connectivity index (χ2n) is 3.41. The Bertz CT molecular complexity index is 528. The maximum Gasteiger partial charge on any atom is 0.373 e. The van der Waals surface area contributed by atoms with E-state index in [9.17, 15) is 10.1 Å². The molecule has 0 N–H and O–H groups in total. The molecule has 7 heteroatoms. The quantitative estimate of drug-likeness (QED) is 0.573. The van der Waals surface area contributed by atoms with Crippen LogP contribution in [0.25, 0.3) is 4.96 Å². The minimum absolute atomic E-state index is 0.0888. The van der Waals surface area contributed by atoms with Gasteiger partial charge < -0.3 is 15.0 Å². The zero-order valence-electron chi connectivity index (χ0n) is 7.79. The molecule has 0 saturated carbocycles. The predicted molar refractivity (Wildman–Crippen MR) is 56.6 cm³/mol. The van der Waals surface area contributed by atoms with Crippen LogP contribution >= 0.6 is 11.3 Å². The van der Waals surface area contributed by atoms with Crippen LogP contribution in [0.2, 0.25) is 0 Å². The third kappa shape index (κ3) is 1.13. The van der Waals surface area contributed by atoms with Crippen LogP contribution in [-0.4, -0.2) is 27.4 Å². The number of anilines is 1. The van der Waals surface area contributed by atoms with Crippen molar-refractivity contribution in [1.82, 2.24) is 9.38 Å². The molecule has 0 unspecified atom stereocenters. The molecule has 1 aliphatic heterocycles. The molecule has 2 aromatic rings. The molecular formula is C8H8N4O2S. The molecule has 15 heavy (non-hydrogen) atoms. The van der Waals surface area contributed by atoms with E-state index in [-0.39, 0.29) is 10.7 Å². The minimum Gasteiger partial charge on any atom is -0.358 e. The molecule has 0 spiro atoms. The second kappa shape index (κ2) is 2.93. The van der Waals surface area contributed by atoms with Gasteiger partial charge in [-0.15, -0.1) is 0 Å². The maximum absolute atomic E-state index is 11.0. The first-order valence-electron chi connectivity index (χ1n) is 4.62. The molecule has 3 rings (SSSR count). The van der Waals surface area contributed by atoms with Crippen molar-refractivity contribution in [1.29, 1.82) is 0 Å². The summed E-state index contributed by atoms with van der Waals surface area (Å²) in [7, 11) is 0. The summed E-state index contributed by atoms with van der Waals surface area (Å²) in [6.07, 6.45) is 2.77. The van der Waals surface area contributed by atoms with Crippen LogP contribution in [0.1, 0.15) is 6.42 Å². The van der Waals surface area contributed by atoms with Crippen LogP contribution in [-0.2, 0) is 0 Å². The van der Waals surface area contributed by atoms with Crippen molar-refractivity contribution in [3.63, 3.8) is 0 Å². The first-order chi connectivity index (χ1) is 7.27. The largest absolute Gasteiger partial charge is 0.373 e. The Kier molecular flexibility index (Phi) is 1.69. The number of fused-ring (bicyclic) bond motifs is 1. The average molecular weight is 224 g/mol. The lowest BCUT2D eigenvalue weighted by Gasteiger charge is -2.30. The van der Waals surface area contributed by atoms with Crippen LogP contribution in [0.3, 0.4) is 0 Å². The van der Waals surface area contributed by atoms with E-state index >= 15 is 0 Å². The Labute approximate surface area is 88.9 Å². The first-order valence-corrected chi connectivity index (χ1v) is 5.50. The molecule has 3 heterocycles. The van der Waals surface area contributed by atoms with Crippen molar-refractivity contribution in [2.75, 3.05) is 18.0 Å². The van der Waals surface area contributed by atoms with E-state index in [1.165, 1.54) is 11.3 Å². The SMILES string of the molecule is O=[N+]([O-])c1c(N2CCC2)nc2sccn12. The number of imidazole rings is 1. The summed E-state index contributed by atoms with van der Waals surface area (Å²) in [6, 6.07) is 0. The molecule has 78 valence electrons. The van der Waals surface area contributed by atoms with E-state index in [1.807, 2.05) is 4.90 Å². The number of nitrogens with zero attached hydrogens (tertiary/aromatic N) is 4. The standard InChI is InChI=1S/C8H8N4O2S/c13-12(14)7-6(10-2-1-3-10)9-8-11(7)4-5-15-8/h4-5H,1-3H2. The van der Waals surface area contributed by atoms with Gasteiger partial charge in [0.05, 0.1) is 0 Å². The van der Waals surface area contributed by atoms with Crippen molar-refractivity contribution >= 4 is 27.9 Å². The average Bonchev–Trinajstić information content (AvgIpc) is 2.58. The maximum atomic E-state index is 11.0. The Balaban J connectivity index is 2.22. The molecule has 0 aromatic carbocycles. The number of hydrogen-bond donors (Lipinski definition) is 0. The Morgan fingerprint density at radius 3 is 2.93 bits per heavy atom. The molecule has 0 amide bonds. The summed E-state index contributed by atoms with van der Waals surface area (Å²) in [6.45, 7) is 1.73. The van der Waals surface area contributed by atoms with Gasteiger partial charge in [-0.1, -0.05) is 11.3 Å². The van der Waals surface area contributed by atoms with Gasteiger partial charge in [-0.25, -0.2) is 0 Å². The summed E-state index contributed by atoms with van der Waals surface area (Å²) >= 11 is 1.41. The van der Waals surface area contributed by atoms with Gasteiger partial charge in [0, 0.05) is 18.5 Å². The minimum atomic E-state index is -0.361. The lowest BCUT2D eigenvalue weighted by molar-refractivity contribution is -0.389. The van der Waals surface area contributed by atoms with Crippen molar-refractivity contribution < 1.29 is 4.92 Å².